The number of hydrogen-bond donors (Lipinski definition) is 3. The van der Waals surface area contributed by atoms with Crippen molar-refractivity contribution in [3.63, 3.8) is 0 Å². The molecule has 0 atom stereocenters. The molecule has 7 nitrogen and oxygen atoms in total. The number of carbonyl (C=O) groups is 1. The predicted molar refractivity (Wildman–Crippen MR) is 119 cm³/mol. The van der Waals surface area contributed by atoms with E-state index in [9.17, 15) is 17.6 Å². The van der Waals surface area contributed by atoms with E-state index in [1.165, 1.54) is 22.5 Å². The first-order chi connectivity index (χ1) is 14.2. The molecule has 0 radical (unpaired) electrons. The quantitative estimate of drug-likeness (QED) is 0.529. The summed E-state index contributed by atoms with van der Waals surface area (Å²) in [5.74, 6) is -0.809. The number of carbonyl (C=O) groups excluding carboxylic acids is 1. The summed E-state index contributed by atoms with van der Waals surface area (Å²) in [7, 11) is -3.63. The second-order valence-corrected chi connectivity index (χ2v) is 8.63. The van der Waals surface area contributed by atoms with Crippen LogP contribution in [-0.4, -0.2) is 44.8 Å². The van der Waals surface area contributed by atoms with Crippen molar-refractivity contribution in [1.82, 2.24) is 4.31 Å². The van der Waals surface area contributed by atoms with Crippen molar-refractivity contribution in [3.05, 3.63) is 47.8 Å². The molecular weight excluding hydrogens is 407 g/mol. The van der Waals surface area contributed by atoms with Gasteiger partial charge in [-0.3, -0.25) is 4.79 Å². The summed E-state index contributed by atoms with van der Waals surface area (Å²) in [5.41, 5.74) is 2.32. The third-order valence-corrected chi connectivity index (χ3v) is 6.66. The minimum absolute atomic E-state index is 0.108. The van der Waals surface area contributed by atoms with Crippen molar-refractivity contribution < 1.29 is 17.6 Å². The maximum Gasteiger partial charge on any atom is 0.243 e. The maximum absolute atomic E-state index is 13.4. The van der Waals surface area contributed by atoms with E-state index in [0.717, 1.165) is 5.56 Å². The molecule has 0 saturated heterocycles. The van der Waals surface area contributed by atoms with Crippen LogP contribution < -0.4 is 16.0 Å². The van der Waals surface area contributed by atoms with Gasteiger partial charge in [-0.25, -0.2) is 12.8 Å². The van der Waals surface area contributed by atoms with Crippen LogP contribution in [0.4, 0.5) is 21.5 Å². The zero-order valence-electron chi connectivity index (χ0n) is 17.8. The number of nitrogens with one attached hydrogen (secondary N) is 3. The van der Waals surface area contributed by atoms with Gasteiger partial charge in [0.15, 0.2) is 0 Å². The fourth-order valence-corrected chi connectivity index (χ4v) is 4.47. The first-order valence-corrected chi connectivity index (χ1v) is 11.3. The topological polar surface area (TPSA) is 90.5 Å². The molecule has 0 saturated carbocycles. The van der Waals surface area contributed by atoms with Crippen LogP contribution in [0.2, 0.25) is 0 Å². The average Bonchev–Trinajstić information content (AvgIpc) is 2.70. The van der Waals surface area contributed by atoms with Crippen LogP contribution in [0.5, 0.6) is 0 Å². The number of sulfonamides is 1. The molecule has 2 aromatic carbocycles. The summed E-state index contributed by atoms with van der Waals surface area (Å²) in [5, 5.41) is 8.80. The number of rotatable bonds is 10. The van der Waals surface area contributed by atoms with E-state index >= 15 is 0 Å². The van der Waals surface area contributed by atoms with Gasteiger partial charge in [0, 0.05) is 25.3 Å². The molecule has 2 rings (SSSR count). The Balaban J connectivity index is 2.22. The van der Waals surface area contributed by atoms with Crippen LogP contribution in [-0.2, 0) is 14.8 Å². The number of hydrogen-bond acceptors (Lipinski definition) is 5. The number of benzene rings is 2. The van der Waals surface area contributed by atoms with E-state index in [2.05, 4.69) is 16.0 Å². The van der Waals surface area contributed by atoms with E-state index in [1.807, 2.05) is 6.92 Å². The fraction of sp³-hybridized carbons (Fsp3) is 0.381. The van der Waals surface area contributed by atoms with E-state index in [1.54, 1.807) is 39.0 Å². The predicted octanol–water partition coefficient (Wildman–Crippen LogP) is 3.65. The standard InChI is InChI=1S/C21H29FN4O3S/c1-5-23-18-11-10-17(30(28,29)26(6-2)7-3)13-20(18)24-14-21(27)25-19-12-16(22)9-8-15(19)4/h8-13,23-24H,5-7,14H2,1-4H3,(H,25,27). The van der Waals surface area contributed by atoms with Gasteiger partial charge < -0.3 is 16.0 Å². The van der Waals surface area contributed by atoms with Crippen LogP contribution in [0.1, 0.15) is 26.3 Å². The lowest BCUT2D eigenvalue weighted by Crippen LogP contribution is -2.30. The van der Waals surface area contributed by atoms with Gasteiger partial charge in [-0.15, -0.1) is 0 Å². The molecule has 0 spiro atoms. The molecule has 164 valence electrons. The lowest BCUT2D eigenvalue weighted by molar-refractivity contribution is -0.114. The minimum Gasteiger partial charge on any atom is -0.384 e. The first kappa shape index (κ1) is 23.6. The smallest absolute Gasteiger partial charge is 0.243 e. The van der Waals surface area contributed by atoms with Gasteiger partial charge in [0.05, 0.1) is 22.8 Å². The zero-order valence-corrected chi connectivity index (χ0v) is 18.6. The molecule has 9 heteroatoms. The molecule has 0 heterocycles. The van der Waals surface area contributed by atoms with E-state index in [4.69, 9.17) is 0 Å². The summed E-state index contributed by atoms with van der Waals surface area (Å²) in [4.78, 5) is 12.5. The lowest BCUT2D eigenvalue weighted by Gasteiger charge is -2.20. The molecule has 0 aromatic heterocycles. The highest BCUT2D eigenvalue weighted by Crippen LogP contribution is 2.27. The number of halogens is 1. The maximum atomic E-state index is 13.4. The highest BCUT2D eigenvalue weighted by Gasteiger charge is 2.22. The van der Waals surface area contributed by atoms with E-state index in [0.29, 0.717) is 36.7 Å². The molecule has 0 fully saturated rings. The summed E-state index contributed by atoms with van der Waals surface area (Å²) >= 11 is 0. The van der Waals surface area contributed by atoms with Gasteiger partial charge in [-0.05, 0) is 49.7 Å². The summed E-state index contributed by atoms with van der Waals surface area (Å²) in [6.07, 6.45) is 0. The van der Waals surface area contributed by atoms with Crippen molar-refractivity contribution in [2.45, 2.75) is 32.6 Å². The Kier molecular flexibility index (Phi) is 8.19. The molecule has 0 unspecified atom stereocenters. The second-order valence-electron chi connectivity index (χ2n) is 6.69. The van der Waals surface area contributed by atoms with Crippen LogP contribution in [0, 0.1) is 12.7 Å². The van der Waals surface area contributed by atoms with E-state index in [-0.39, 0.29) is 17.3 Å². The van der Waals surface area contributed by atoms with Crippen LogP contribution >= 0.6 is 0 Å². The monoisotopic (exact) mass is 436 g/mol. The third kappa shape index (κ3) is 5.70. The number of nitrogens with zero attached hydrogens (tertiary/aromatic N) is 1. The normalized spacial score (nSPS) is 11.4. The van der Waals surface area contributed by atoms with E-state index < -0.39 is 15.8 Å². The molecule has 0 aliphatic rings. The van der Waals surface area contributed by atoms with Gasteiger partial charge >= 0.3 is 0 Å². The van der Waals surface area contributed by atoms with Gasteiger partial charge in [-0.2, -0.15) is 4.31 Å². The van der Waals surface area contributed by atoms with Gasteiger partial charge in [0.25, 0.3) is 0 Å². The number of amides is 1. The highest BCUT2D eigenvalue weighted by atomic mass is 32.2. The second kappa shape index (κ2) is 10.4. The Morgan fingerprint density at radius 1 is 0.967 bits per heavy atom. The summed E-state index contributed by atoms with van der Waals surface area (Å²) in [6, 6.07) is 8.92. The molecule has 3 N–H and O–H groups in total. The Morgan fingerprint density at radius 2 is 1.67 bits per heavy atom. The minimum atomic E-state index is -3.63. The largest absolute Gasteiger partial charge is 0.384 e. The molecule has 30 heavy (non-hydrogen) atoms. The van der Waals surface area contributed by atoms with Crippen molar-refractivity contribution in [3.8, 4) is 0 Å². The molecule has 0 aliphatic heterocycles. The van der Waals surface area contributed by atoms with Crippen molar-refractivity contribution in [2.24, 2.45) is 0 Å². The third-order valence-electron chi connectivity index (χ3n) is 4.61. The Hall–Kier alpha value is -2.65. The van der Waals surface area contributed by atoms with Gasteiger partial charge in [0.1, 0.15) is 5.82 Å². The lowest BCUT2D eigenvalue weighted by atomic mass is 10.2. The number of anilines is 3. The van der Waals surface area contributed by atoms with Crippen molar-refractivity contribution in [2.75, 3.05) is 42.1 Å². The van der Waals surface area contributed by atoms with Gasteiger partial charge in [-0.1, -0.05) is 19.9 Å². The zero-order chi connectivity index (χ0) is 22.3. The van der Waals surface area contributed by atoms with Crippen LogP contribution in [0.15, 0.2) is 41.3 Å². The molecule has 0 bridgehead atoms. The van der Waals surface area contributed by atoms with Crippen LogP contribution in [0.25, 0.3) is 0 Å². The first-order valence-electron chi connectivity index (χ1n) is 9.90. The molecule has 0 aliphatic carbocycles. The molecule has 1 amide bonds. The molecular formula is C21H29FN4O3S. The SMILES string of the molecule is CCNc1ccc(S(=O)(=O)N(CC)CC)cc1NCC(=O)Nc1cc(F)ccc1C. The summed E-state index contributed by atoms with van der Waals surface area (Å²) < 4.78 is 40.5. The molecule has 2 aromatic rings. The van der Waals surface area contributed by atoms with Crippen molar-refractivity contribution in [1.29, 1.82) is 0 Å². The summed E-state index contributed by atoms with van der Waals surface area (Å²) in [6.45, 7) is 8.52. The Morgan fingerprint density at radius 3 is 2.30 bits per heavy atom. The van der Waals surface area contributed by atoms with Crippen molar-refractivity contribution >= 4 is 33.0 Å². The number of aryl methyl sites for hydroxylation is 1. The highest BCUT2D eigenvalue weighted by molar-refractivity contribution is 7.89. The van der Waals surface area contributed by atoms with Crippen LogP contribution in [0.3, 0.4) is 0 Å². The Labute approximate surface area is 177 Å². The van der Waals surface area contributed by atoms with Gasteiger partial charge in [0.2, 0.25) is 15.9 Å². The average molecular weight is 437 g/mol. The Bertz CT molecular complexity index is 992. The fourth-order valence-electron chi connectivity index (χ4n) is 2.99.